The molecule has 37 heavy (non-hydrogen) atoms. The van der Waals surface area contributed by atoms with Gasteiger partial charge < -0.3 is 25.6 Å². The standard InChI is InChI=1S/C26H25FN4O6/c27-16-22(32)20(15-23(33)34)29-24(35)21(14-17-8-3-1-4-9-17)31-13-7-12-19(25(31)36)30-26(37)28-18-10-5-2-6-11-18/h1-13,20-21H,14-16H2,(H,29,35)(H,33,34)(H2,28,30,37)/t20-,21+/m1/s1. The Morgan fingerprint density at radius 3 is 2.16 bits per heavy atom. The summed E-state index contributed by atoms with van der Waals surface area (Å²) < 4.78 is 14.1. The first-order valence-corrected chi connectivity index (χ1v) is 11.3. The number of benzene rings is 2. The lowest BCUT2D eigenvalue weighted by molar-refractivity contribution is -0.140. The number of nitrogens with one attached hydrogen (secondary N) is 3. The fraction of sp³-hybridized carbons (Fsp3) is 0.192. The smallest absolute Gasteiger partial charge is 0.323 e. The van der Waals surface area contributed by atoms with Crippen LogP contribution in [0.3, 0.4) is 0 Å². The Kier molecular flexibility index (Phi) is 9.25. The summed E-state index contributed by atoms with van der Waals surface area (Å²) in [7, 11) is 0. The molecule has 0 bridgehead atoms. The number of hydrogen-bond donors (Lipinski definition) is 4. The van der Waals surface area contributed by atoms with Crippen LogP contribution in [0.1, 0.15) is 18.0 Å². The van der Waals surface area contributed by atoms with Gasteiger partial charge in [0.1, 0.15) is 24.4 Å². The van der Waals surface area contributed by atoms with E-state index in [1.165, 1.54) is 18.3 Å². The van der Waals surface area contributed by atoms with E-state index >= 15 is 0 Å². The molecule has 0 saturated heterocycles. The number of amides is 3. The number of para-hydroxylation sites is 1. The van der Waals surface area contributed by atoms with Crippen LogP contribution in [0, 0.1) is 0 Å². The predicted molar refractivity (Wildman–Crippen MR) is 134 cm³/mol. The van der Waals surface area contributed by atoms with Gasteiger partial charge >= 0.3 is 12.0 Å². The van der Waals surface area contributed by atoms with Crippen LogP contribution in [-0.4, -0.2) is 46.1 Å². The lowest BCUT2D eigenvalue weighted by Crippen LogP contribution is -2.47. The van der Waals surface area contributed by atoms with E-state index < -0.39 is 54.4 Å². The number of pyridine rings is 1. The summed E-state index contributed by atoms with van der Waals surface area (Å²) in [4.78, 5) is 62.0. The highest BCUT2D eigenvalue weighted by molar-refractivity contribution is 5.99. The number of urea groups is 1. The predicted octanol–water partition coefficient (Wildman–Crippen LogP) is 2.77. The van der Waals surface area contributed by atoms with E-state index in [1.54, 1.807) is 60.7 Å². The number of aliphatic carboxylic acids is 1. The van der Waals surface area contributed by atoms with Crippen LogP contribution in [0.15, 0.2) is 83.8 Å². The zero-order valence-corrected chi connectivity index (χ0v) is 19.6. The van der Waals surface area contributed by atoms with E-state index in [9.17, 15) is 28.4 Å². The number of nitrogens with zero attached hydrogens (tertiary/aromatic N) is 1. The number of carbonyl (C=O) groups excluding carboxylic acids is 3. The average molecular weight is 509 g/mol. The third kappa shape index (κ3) is 7.59. The van der Waals surface area contributed by atoms with Gasteiger partial charge in [0.25, 0.3) is 5.56 Å². The number of carboxylic acids is 1. The lowest BCUT2D eigenvalue weighted by atomic mass is 10.0. The number of anilines is 2. The van der Waals surface area contributed by atoms with Gasteiger partial charge in [-0.3, -0.25) is 19.2 Å². The summed E-state index contributed by atoms with van der Waals surface area (Å²) in [6.45, 7) is -1.46. The first kappa shape index (κ1) is 26.8. The Hall–Kier alpha value is -4.80. The summed E-state index contributed by atoms with van der Waals surface area (Å²) >= 11 is 0. The second-order valence-electron chi connectivity index (χ2n) is 8.04. The van der Waals surface area contributed by atoms with Crippen molar-refractivity contribution < 1.29 is 28.7 Å². The molecule has 0 unspecified atom stereocenters. The van der Waals surface area contributed by atoms with Crippen molar-refractivity contribution in [2.24, 2.45) is 0 Å². The molecule has 0 aliphatic carbocycles. The molecular formula is C26H25FN4O6. The summed E-state index contributed by atoms with van der Waals surface area (Å²) in [5.74, 6) is -3.36. The third-order valence-electron chi connectivity index (χ3n) is 5.38. The van der Waals surface area contributed by atoms with Gasteiger partial charge in [-0.15, -0.1) is 0 Å². The quantitative estimate of drug-likeness (QED) is 0.313. The maximum atomic E-state index is 13.3. The van der Waals surface area contributed by atoms with Crippen molar-refractivity contribution in [2.45, 2.75) is 24.9 Å². The molecule has 2 aromatic carbocycles. The monoisotopic (exact) mass is 508 g/mol. The summed E-state index contributed by atoms with van der Waals surface area (Å²) in [5.41, 5.74) is 0.332. The SMILES string of the molecule is O=C(O)C[C@@H](NC(=O)[C@H](Cc1ccccc1)n1cccc(NC(=O)Nc2ccccc2)c1=O)C(=O)CF. The normalized spacial score (nSPS) is 12.1. The Balaban J connectivity index is 1.91. The molecule has 1 aromatic heterocycles. The third-order valence-corrected chi connectivity index (χ3v) is 5.38. The van der Waals surface area contributed by atoms with Crippen LogP contribution < -0.4 is 21.5 Å². The zero-order valence-electron chi connectivity index (χ0n) is 19.6. The summed E-state index contributed by atoms with van der Waals surface area (Å²) in [5, 5.41) is 16.4. The molecule has 2 atom stereocenters. The topological polar surface area (TPSA) is 147 Å². The van der Waals surface area contributed by atoms with E-state index in [0.29, 0.717) is 11.3 Å². The Labute approximate surface area is 211 Å². The number of alkyl halides is 1. The molecule has 1 heterocycles. The van der Waals surface area contributed by atoms with Gasteiger partial charge in [-0.05, 0) is 29.8 Å². The number of ketones is 1. The lowest BCUT2D eigenvalue weighted by Gasteiger charge is -2.23. The molecule has 0 fully saturated rings. The molecule has 10 nitrogen and oxygen atoms in total. The summed E-state index contributed by atoms with van der Waals surface area (Å²) in [6, 6.07) is 16.5. The number of aromatic nitrogens is 1. The van der Waals surface area contributed by atoms with Gasteiger partial charge in [0, 0.05) is 18.3 Å². The number of hydrogen-bond acceptors (Lipinski definition) is 5. The van der Waals surface area contributed by atoms with Crippen molar-refractivity contribution in [1.82, 2.24) is 9.88 Å². The molecule has 3 amide bonds. The molecule has 0 saturated carbocycles. The fourth-order valence-corrected chi connectivity index (χ4v) is 3.59. The Morgan fingerprint density at radius 1 is 0.892 bits per heavy atom. The van der Waals surface area contributed by atoms with Crippen molar-refractivity contribution in [3.8, 4) is 0 Å². The van der Waals surface area contributed by atoms with Crippen LogP contribution in [0.5, 0.6) is 0 Å². The molecule has 0 radical (unpaired) electrons. The maximum absolute atomic E-state index is 13.3. The van der Waals surface area contributed by atoms with E-state index in [0.717, 1.165) is 4.57 Å². The van der Waals surface area contributed by atoms with Crippen molar-refractivity contribution in [3.05, 3.63) is 94.9 Å². The molecule has 3 aromatic rings. The Bertz CT molecular complexity index is 1310. The highest BCUT2D eigenvalue weighted by atomic mass is 19.1. The van der Waals surface area contributed by atoms with Crippen molar-refractivity contribution in [2.75, 3.05) is 17.3 Å². The van der Waals surface area contributed by atoms with E-state index in [4.69, 9.17) is 5.11 Å². The van der Waals surface area contributed by atoms with Gasteiger partial charge in [0.2, 0.25) is 5.91 Å². The van der Waals surface area contributed by atoms with Crippen LogP contribution in [-0.2, 0) is 20.8 Å². The van der Waals surface area contributed by atoms with Gasteiger partial charge in [-0.1, -0.05) is 48.5 Å². The highest BCUT2D eigenvalue weighted by Crippen LogP contribution is 2.16. The number of carbonyl (C=O) groups is 4. The summed E-state index contributed by atoms with van der Waals surface area (Å²) in [6.07, 6.45) is 0.511. The highest BCUT2D eigenvalue weighted by Gasteiger charge is 2.29. The van der Waals surface area contributed by atoms with Crippen molar-refractivity contribution >= 4 is 35.1 Å². The minimum Gasteiger partial charge on any atom is -0.481 e. The minimum atomic E-state index is -1.61. The van der Waals surface area contributed by atoms with E-state index in [1.807, 2.05) is 0 Å². The number of halogens is 1. The number of rotatable bonds is 11. The second-order valence-corrected chi connectivity index (χ2v) is 8.04. The number of Topliss-reactive ketones (excluding diaryl/α,β-unsaturated/α-hetero) is 1. The average Bonchev–Trinajstić information content (AvgIpc) is 2.88. The largest absolute Gasteiger partial charge is 0.481 e. The van der Waals surface area contributed by atoms with Gasteiger partial charge in [0.05, 0.1) is 6.42 Å². The fourth-order valence-electron chi connectivity index (χ4n) is 3.59. The van der Waals surface area contributed by atoms with Crippen molar-refractivity contribution in [1.29, 1.82) is 0 Å². The van der Waals surface area contributed by atoms with Gasteiger partial charge in [0.15, 0.2) is 5.78 Å². The van der Waals surface area contributed by atoms with Crippen molar-refractivity contribution in [3.63, 3.8) is 0 Å². The van der Waals surface area contributed by atoms with Gasteiger partial charge in [-0.25, -0.2) is 9.18 Å². The van der Waals surface area contributed by atoms with Crippen LogP contribution >= 0.6 is 0 Å². The molecular weight excluding hydrogens is 483 g/mol. The Morgan fingerprint density at radius 2 is 1.54 bits per heavy atom. The molecule has 0 spiro atoms. The molecule has 0 aliphatic rings. The van der Waals surface area contributed by atoms with Gasteiger partial charge in [-0.2, -0.15) is 0 Å². The van der Waals surface area contributed by atoms with Crippen LogP contribution in [0.2, 0.25) is 0 Å². The molecule has 4 N–H and O–H groups in total. The minimum absolute atomic E-state index is 0.00412. The van der Waals surface area contributed by atoms with Crippen LogP contribution in [0.4, 0.5) is 20.6 Å². The number of carboxylic acid groups (broad SMARTS) is 1. The molecule has 0 aliphatic heterocycles. The van der Waals surface area contributed by atoms with E-state index in [-0.39, 0.29) is 12.1 Å². The first-order valence-electron chi connectivity index (χ1n) is 11.3. The maximum Gasteiger partial charge on any atom is 0.323 e. The van der Waals surface area contributed by atoms with E-state index in [2.05, 4.69) is 16.0 Å². The second kappa shape index (κ2) is 12.8. The zero-order chi connectivity index (χ0) is 26.8. The molecule has 11 heteroatoms. The molecule has 192 valence electrons. The molecule has 3 rings (SSSR count). The van der Waals surface area contributed by atoms with Crippen LogP contribution in [0.25, 0.3) is 0 Å². The first-order chi connectivity index (χ1) is 17.8.